The molecule has 1 aliphatic carbocycles. The Hall–Kier alpha value is -0.0800. The Balaban J connectivity index is 1.93. The molecule has 0 bridgehead atoms. The van der Waals surface area contributed by atoms with E-state index < -0.39 is 0 Å². The van der Waals surface area contributed by atoms with Gasteiger partial charge in [-0.1, -0.05) is 26.7 Å². The molecule has 0 aromatic heterocycles. The van der Waals surface area contributed by atoms with E-state index in [-0.39, 0.29) is 0 Å². The van der Waals surface area contributed by atoms with E-state index in [4.69, 9.17) is 5.73 Å². The third-order valence-electron chi connectivity index (χ3n) is 5.14. The van der Waals surface area contributed by atoms with Gasteiger partial charge in [0.2, 0.25) is 0 Å². The van der Waals surface area contributed by atoms with Crippen molar-refractivity contribution in [3.05, 3.63) is 0 Å². The van der Waals surface area contributed by atoms with Crippen LogP contribution in [-0.4, -0.2) is 30.1 Å². The lowest BCUT2D eigenvalue weighted by atomic mass is 9.78. The molecule has 1 saturated heterocycles. The van der Waals surface area contributed by atoms with Crippen molar-refractivity contribution >= 4 is 0 Å². The van der Waals surface area contributed by atoms with Crippen molar-refractivity contribution in [2.75, 3.05) is 13.1 Å². The Kier molecular flexibility index (Phi) is 4.48. The Morgan fingerprint density at radius 1 is 1.24 bits per heavy atom. The zero-order chi connectivity index (χ0) is 12.4. The average Bonchev–Trinajstić information content (AvgIpc) is 2.71. The Bertz CT molecular complexity index is 239. The summed E-state index contributed by atoms with van der Waals surface area (Å²) in [5, 5.41) is 0. The summed E-state index contributed by atoms with van der Waals surface area (Å²) in [6.45, 7) is 9.31. The Morgan fingerprint density at radius 3 is 2.59 bits per heavy atom. The highest BCUT2D eigenvalue weighted by Crippen LogP contribution is 2.36. The van der Waals surface area contributed by atoms with Crippen LogP contribution in [0.15, 0.2) is 0 Å². The molecular weight excluding hydrogens is 208 g/mol. The van der Waals surface area contributed by atoms with Crippen molar-refractivity contribution < 1.29 is 0 Å². The largest absolute Gasteiger partial charge is 0.330 e. The Labute approximate surface area is 107 Å². The minimum absolute atomic E-state index is 0.754. The van der Waals surface area contributed by atoms with Crippen molar-refractivity contribution in [1.82, 2.24) is 4.90 Å². The van der Waals surface area contributed by atoms with Gasteiger partial charge in [-0.05, 0) is 50.5 Å². The monoisotopic (exact) mass is 238 g/mol. The van der Waals surface area contributed by atoms with Crippen LogP contribution in [0.4, 0.5) is 0 Å². The first-order chi connectivity index (χ1) is 8.11. The fraction of sp³-hybridized carbons (Fsp3) is 1.00. The second-order valence-corrected chi connectivity index (χ2v) is 6.71. The molecule has 0 aromatic rings. The first-order valence-corrected chi connectivity index (χ1v) is 7.57. The molecule has 0 amide bonds. The maximum absolute atomic E-state index is 5.84. The summed E-state index contributed by atoms with van der Waals surface area (Å²) in [6.07, 6.45) is 7.06. The fourth-order valence-corrected chi connectivity index (χ4v) is 3.96. The molecule has 0 spiro atoms. The minimum Gasteiger partial charge on any atom is -0.330 e. The highest BCUT2D eigenvalue weighted by atomic mass is 15.2. The molecule has 2 heteroatoms. The number of nitrogens with zero attached hydrogens (tertiary/aromatic N) is 1. The van der Waals surface area contributed by atoms with E-state index in [2.05, 4.69) is 25.7 Å². The fourth-order valence-electron chi connectivity index (χ4n) is 3.96. The standard InChI is InChI=1S/C15H30N2/c1-11(2)14-5-4-6-15(8-14)17-10-13(9-16)7-12(17)3/h11-15H,4-10,16H2,1-3H3. The molecule has 100 valence electrons. The molecule has 4 atom stereocenters. The second kappa shape index (κ2) is 5.71. The van der Waals surface area contributed by atoms with Crippen LogP contribution < -0.4 is 5.73 Å². The van der Waals surface area contributed by atoms with Gasteiger partial charge in [-0.25, -0.2) is 0 Å². The Morgan fingerprint density at radius 2 is 2.00 bits per heavy atom. The quantitative estimate of drug-likeness (QED) is 0.819. The van der Waals surface area contributed by atoms with E-state index in [0.717, 1.165) is 36.4 Å². The topological polar surface area (TPSA) is 29.3 Å². The van der Waals surface area contributed by atoms with Crippen LogP contribution in [0.25, 0.3) is 0 Å². The zero-order valence-corrected chi connectivity index (χ0v) is 11.9. The van der Waals surface area contributed by atoms with Gasteiger partial charge < -0.3 is 5.73 Å². The molecule has 2 aliphatic rings. The van der Waals surface area contributed by atoms with Crippen LogP contribution in [-0.2, 0) is 0 Å². The minimum atomic E-state index is 0.754. The van der Waals surface area contributed by atoms with E-state index in [1.54, 1.807) is 0 Å². The van der Waals surface area contributed by atoms with Gasteiger partial charge in [-0.2, -0.15) is 0 Å². The van der Waals surface area contributed by atoms with Gasteiger partial charge in [0.25, 0.3) is 0 Å². The summed E-state index contributed by atoms with van der Waals surface area (Å²) in [6, 6.07) is 1.61. The number of likely N-dealkylation sites (tertiary alicyclic amines) is 1. The lowest BCUT2D eigenvalue weighted by molar-refractivity contribution is 0.107. The summed E-state index contributed by atoms with van der Waals surface area (Å²) in [5.41, 5.74) is 5.84. The molecule has 1 aliphatic heterocycles. The van der Waals surface area contributed by atoms with Crippen molar-refractivity contribution in [1.29, 1.82) is 0 Å². The van der Waals surface area contributed by atoms with Crippen LogP contribution in [0, 0.1) is 17.8 Å². The summed E-state index contributed by atoms with van der Waals surface area (Å²) < 4.78 is 0. The van der Waals surface area contributed by atoms with E-state index in [1.807, 2.05) is 0 Å². The first kappa shape index (κ1) is 13.4. The number of rotatable bonds is 3. The third-order valence-corrected chi connectivity index (χ3v) is 5.14. The molecule has 2 N–H and O–H groups in total. The van der Waals surface area contributed by atoms with Gasteiger partial charge in [-0.15, -0.1) is 0 Å². The zero-order valence-electron chi connectivity index (χ0n) is 11.9. The first-order valence-electron chi connectivity index (χ1n) is 7.57. The molecule has 1 heterocycles. The maximum Gasteiger partial charge on any atom is 0.0101 e. The number of hydrogen-bond donors (Lipinski definition) is 1. The van der Waals surface area contributed by atoms with Crippen molar-refractivity contribution in [2.45, 2.75) is 65.0 Å². The van der Waals surface area contributed by atoms with Gasteiger partial charge >= 0.3 is 0 Å². The van der Waals surface area contributed by atoms with E-state index in [9.17, 15) is 0 Å². The summed E-state index contributed by atoms with van der Waals surface area (Å²) in [4.78, 5) is 2.77. The lowest BCUT2D eigenvalue weighted by Crippen LogP contribution is -2.42. The van der Waals surface area contributed by atoms with E-state index in [0.29, 0.717) is 0 Å². The summed E-state index contributed by atoms with van der Waals surface area (Å²) in [5.74, 6) is 2.57. The van der Waals surface area contributed by atoms with E-state index >= 15 is 0 Å². The SMILES string of the molecule is CC(C)C1CCCC(N2CC(CN)CC2C)C1. The molecule has 2 rings (SSSR count). The third kappa shape index (κ3) is 3.03. The average molecular weight is 238 g/mol. The van der Waals surface area contributed by atoms with Crippen LogP contribution in [0.3, 0.4) is 0 Å². The van der Waals surface area contributed by atoms with Gasteiger partial charge in [-0.3, -0.25) is 4.90 Å². The van der Waals surface area contributed by atoms with Crippen LogP contribution in [0.5, 0.6) is 0 Å². The van der Waals surface area contributed by atoms with Crippen LogP contribution in [0.2, 0.25) is 0 Å². The van der Waals surface area contributed by atoms with Crippen LogP contribution in [0.1, 0.15) is 52.9 Å². The number of nitrogens with two attached hydrogens (primary N) is 1. The maximum atomic E-state index is 5.84. The van der Waals surface area contributed by atoms with E-state index in [1.165, 1.54) is 38.6 Å². The molecule has 2 fully saturated rings. The van der Waals surface area contributed by atoms with Crippen LogP contribution >= 0.6 is 0 Å². The predicted octanol–water partition coefficient (Wildman–Crippen LogP) is 2.87. The number of hydrogen-bond acceptors (Lipinski definition) is 2. The molecule has 2 nitrogen and oxygen atoms in total. The van der Waals surface area contributed by atoms with Crippen molar-refractivity contribution in [2.24, 2.45) is 23.5 Å². The molecule has 0 radical (unpaired) electrons. The molecule has 17 heavy (non-hydrogen) atoms. The van der Waals surface area contributed by atoms with Crippen molar-refractivity contribution in [3.8, 4) is 0 Å². The highest BCUT2D eigenvalue weighted by molar-refractivity contribution is 4.90. The predicted molar refractivity (Wildman–Crippen MR) is 73.9 cm³/mol. The highest BCUT2D eigenvalue weighted by Gasteiger charge is 2.35. The van der Waals surface area contributed by atoms with Gasteiger partial charge in [0.05, 0.1) is 0 Å². The normalized spacial score (nSPS) is 40.1. The molecular formula is C15H30N2. The van der Waals surface area contributed by atoms with Gasteiger partial charge in [0, 0.05) is 18.6 Å². The smallest absolute Gasteiger partial charge is 0.0101 e. The second-order valence-electron chi connectivity index (χ2n) is 6.71. The van der Waals surface area contributed by atoms with Gasteiger partial charge in [0.1, 0.15) is 0 Å². The molecule has 1 saturated carbocycles. The lowest BCUT2D eigenvalue weighted by Gasteiger charge is -2.39. The molecule has 4 unspecified atom stereocenters. The summed E-state index contributed by atoms with van der Waals surface area (Å²) >= 11 is 0. The summed E-state index contributed by atoms with van der Waals surface area (Å²) in [7, 11) is 0. The van der Waals surface area contributed by atoms with Gasteiger partial charge in [0.15, 0.2) is 0 Å². The van der Waals surface area contributed by atoms with Crippen molar-refractivity contribution in [3.63, 3.8) is 0 Å². The molecule has 0 aromatic carbocycles.